The summed E-state index contributed by atoms with van der Waals surface area (Å²) in [5.74, 6) is 0. The van der Waals surface area contributed by atoms with Gasteiger partial charge in [-0.2, -0.15) is 4.31 Å². The van der Waals surface area contributed by atoms with Gasteiger partial charge in [-0.05, 0) is 30.5 Å². The highest BCUT2D eigenvalue weighted by molar-refractivity contribution is 7.89. The van der Waals surface area contributed by atoms with E-state index in [1.165, 1.54) is 4.31 Å². The van der Waals surface area contributed by atoms with Crippen molar-refractivity contribution in [2.45, 2.75) is 24.3 Å². The van der Waals surface area contributed by atoms with Gasteiger partial charge in [-0.1, -0.05) is 12.1 Å². The van der Waals surface area contributed by atoms with Crippen LogP contribution in [-0.4, -0.2) is 30.9 Å². The molecule has 1 aromatic rings. The van der Waals surface area contributed by atoms with E-state index >= 15 is 0 Å². The molecule has 0 bridgehead atoms. The largest absolute Gasteiger partial charge is 0.392 e. The molecule has 0 amide bonds. The molecule has 4 nitrogen and oxygen atoms in total. The minimum absolute atomic E-state index is 0.0654. The van der Waals surface area contributed by atoms with Crippen molar-refractivity contribution in [3.8, 4) is 0 Å². The van der Waals surface area contributed by atoms with Crippen molar-refractivity contribution in [2.75, 3.05) is 13.1 Å². The zero-order valence-electron chi connectivity index (χ0n) is 8.96. The molecule has 0 radical (unpaired) electrons. The molecule has 1 fully saturated rings. The topological polar surface area (TPSA) is 57.6 Å². The molecule has 0 aliphatic carbocycles. The van der Waals surface area contributed by atoms with Crippen LogP contribution in [0.5, 0.6) is 0 Å². The van der Waals surface area contributed by atoms with Crippen LogP contribution in [0.3, 0.4) is 0 Å². The van der Waals surface area contributed by atoms with Gasteiger partial charge in [-0.15, -0.1) is 0 Å². The molecule has 1 aliphatic rings. The number of benzene rings is 1. The smallest absolute Gasteiger partial charge is 0.243 e. The average molecular weight is 241 g/mol. The Morgan fingerprint density at radius 3 is 2.19 bits per heavy atom. The SMILES string of the molecule is O=S(=O)(c1ccc(CO)cc1)N1CCCC1. The van der Waals surface area contributed by atoms with Crippen molar-refractivity contribution in [1.29, 1.82) is 0 Å². The van der Waals surface area contributed by atoms with Gasteiger partial charge >= 0.3 is 0 Å². The first-order chi connectivity index (χ1) is 7.64. The monoisotopic (exact) mass is 241 g/mol. The van der Waals surface area contributed by atoms with Gasteiger partial charge < -0.3 is 5.11 Å². The fourth-order valence-corrected chi connectivity index (χ4v) is 3.36. The highest BCUT2D eigenvalue weighted by Gasteiger charge is 2.26. The van der Waals surface area contributed by atoms with Gasteiger partial charge in [0.25, 0.3) is 0 Å². The van der Waals surface area contributed by atoms with Crippen LogP contribution in [0.1, 0.15) is 18.4 Å². The Balaban J connectivity index is 2.28. The lowest BCUT2D eigenvalue weighted by atomic mass is 10.2. The van der Waals surface area contributed by atoms with Gasteiger partial charge in [-0.3, -0.25) is 0 Å². The van der Waals surface area contributed by atoms with Crippen molar-refractivity contribution in [2.24, 2.45) is 0 Å². The maximum Gasteiger partial charge on any atom is 0.243 e. The first kappa shape index (κ1) is 11.6. The number of nitrogens with zero attached hydrogens (tertiary/aromatic N) is 1. The summed E-state index contributed by atoms with van der Waals surface area (Å²) < 4.78 is 25.7. The third-order valence-corrected chi connectivity index (χ3v) is 4.72. The second-order valence-corrected chi connectivity index (χ2v) is 5.85. The van der Waals surface area contributed by atoms with Crippen molar-refractivity contribution in [3.05, 3.63) is 29.8 Å². The molecule has 5 heteroatoms. The van der Waals surface area contributed by atoms with Crippen LogP contribution in [0.4, 0.5) is 0 Å². The molecule has 2 rings (SSSR count). The molecule has 16 heavy (non-hydrogen) atoms. The van der Waals surface area contributed by atoms with E-state index in [4.69, 9.17) is 5.11 Å². The Labute approximate surface area is 95.6 Å². The second kappa shape index (κ2) is 4.53. The van der Waals surface area contributed by atoms with Gasteiger partial charge in [-0.25, -0.2) is 8.42 Å². The fourth-order valence-electron chi connectivity index (χ4n) is 1.84. The number of hydrogen-bond donors (Lipinski definition) is 1. The predicted molar refractivity (Wildman–Crippen MR) is 60.4 cm³/mol. The van der Waals surface area contributed by atoms with Crippen LogP contribution in [-0.2, 0) is 16.6 Å². The van der Waals surface area contributed by atoms with Gasteiger partial charge in [0.2, 0.25) is 10.0 Å². The van der Waals surface area contributed by atoms with Crippen molar-refractivity contribution in [3.63, 3.8) is 0 Å². The van der Waals surface area contributed by atoms with Crippen LogP contribution in [0, 0.1) is 0 Å². The van der Waals surface area contributed by atoms with Gasteiger partial charge in [0.15, 0.2) is 0 Å². The lowest BCUT2D eigenvalue weighted by Crippen LogP contribution is -2.27. The maximum absolute atomic E-state index is 12.1. The molecule has 1 aromatic carbocycles. The van der Waals surface area contributed by atoms with E-state index in [0.717, 1.165) is 18.4 Å². The number of aliphatic hydroxyl groups is 1. The zero-order chi connectivity index (χ0) is 11.6. The molecule has 88 valence electrons. The first-order valence-electron chi connectivity index (χ1n) is 5.34. The Morgan fingerprint density at radius 1 is 1.12 bits per heavy atom. The molecular formula is C11H15NO3S. The molecule has 0 atom stereocenters. The lowest BCUT2D eigenvalue weighted by molar-refractivity contribution is 0.281. The first-order valence-corrected chi connectivity index (χ1v) is 6.78. The van der Waals surface area contributed by atoms with Crippen LogP contribution in [0.15, 0.2) is 29.2 Å². The van der Waals surface area contributed by atoms with Gasteiger partial charge in [0.1, 0.15) is 0 Å². The number of hydrogen-bond acceptors (Lipinski definition) is 3. The van der Waals surface area contributed by atoms with E-state index in [2.05, 4.69) is 0 Å². The number of aliphatic hydroxyl groups excluding tert-OH is 1. The fraction of sp³-hybridized carbons (Fsp3) is 0.455. The summed E-state index contributed by atoms with van der Waals surface area (Å²) in [6, 6.07) is 6.39. The summed E-state index contributed by atoms with van der Waals surface area (Å²) >= 11 is 0. The summed E-state index contributed by atoms with van der Waals surface area (Å²) in [5.41, 5.74) is 0.723. The molecule has 0 saturated carbocycles. The van der Waals surface area contributed by atoms with E-state index in [-0.39, 0.29) is 6.61 Å². The number of rotatable bonds is 3. The highest BCUT2D eigenvalue weighted by Crippen LogP contribution is 2.20. The molecule has 1 saturated heterocycles. The van der Waals surface area contributed by atoms with E-state index in [1.54, 1.807) is 24.3 Å². The van der Waals surface area contributed by atoms with Crippen LogP contribution < -0.4 is 0 Å². The van der Waals surface area contributed by atoms with E-state index in [1.807, 2.05) is 0 Å². The van der Waals surface area contributed by atoms with Gasteiger partial charge in [0.05, 0.1) is 11.5 Å². The molecular weight excluding hydrogens is 226 g/mol. The summed E-state index contributed by atoms with van der Waals surface area (Å²) in [4.78, 5) is 0.312. The Kier molecular flexibility index (Phi) is 3.28. The molecule has 1 N–H and O–H groups in total. The van der Waals surface area contributed by atoms with Crippen molar-refractivity contribution >= 4 is 10.0 Å². The Bertz CT molecular complexity index is 447. The summed E-state index contributed by atoms with van der Waals surface area (Å²) in [6.45, 7) is 1.16. The third-order valence-electron chi connectivity index (χ3n) is 2.81. The molecule has 1 aliphatic heterocycles. The average Bonchev–Trinajstić information content (AvgIpc) is 2.83. The van der Waals surface area contributed by atoms with Crippen molar-refractivity contribution in [1.82, 2.24) is 4.31 Å². The van der Waals surface area contributed by atoms with Gasteiger partial charge in [0, 0.05) is 13.1 Å². The Morgan fingerprint density at radius 2 is 1.69 bits per heavy atom. The van der Waals surface area contributed by atoms with E-state index in [0.29, 0.717) is 18.0 Å². The molecule has 0 aromatic heterocycles. The summed E-state index contributed by atoms with van der Waals surface area (Å²) in [7, 11) is -3.31. The highest BCUT2D eigenvalue weighted by atomic mass is 32.2. The molecule has 1 heterocycles. The van der Waals surface area contributed by atoms with Crippen LogP contribution >= 0.6 is 0 Å². The second-order valence-electron chi connectivity index (χ2n) is 3.91. The molecule has 0 spiro atoms. The number of sulfonamides is 1. The Hall–Kier alpha value is -0.910. The third kappa shape index (κ3) is 2.11. The summed E-state index contributed by atoms with van der Waals surface area (Å²) in [6.07, 6.45) is 1.88. The van der Waals surface area contributed by atoms with Crippen LogP contribution in [0.2, 0.25) is 0 Å². The lowest BCUT2D eigenvalue weighted by Gasteiger charge is -2.15. The summed E-state index contributed by atoms with van der Waals surface area (Å²) in [5, 5.41) is 8.88. The predicted octanol–water partition coefficient (Wildman–Crippen LogP) is 0.963. The minimum Gasteiger partial charge on any atom is -0.392 e. The van der Waals surface area contributed by atoms with Crippen molar-refractivity contribution < 1.29 is 13.5 Å². The minimum atomic E-state index is -3.31. The normalized spacial score (nSPS) is 17.8. The maximum atomic E-state index is 12.1. The van der Waals surface area contributed by atoms with E-state index in [9.17, 15) is 8.42 Å². The quantitative estimate of drug-likeness (QED) is 0.857. The molecule has 0 unspecified atom stereocenters. The van der Waals surface area contributed by atoms with Crippen LogP contribution in [0.25, 0.3) is 0 Å². The standard InChI is InChI=1S/C11H15NO3S/c13-9-10-3-5-11(6-4-10)16(14,15)12-7-1-2-8-12/h3-6,13H,1-2,7-9H2. The van der Waals surface area contributed by atoms with E-state index < -0.39 is 10.0 Å². The zero-order valence-corrected chi connectivity index (χ0v) is 9.78.